The van der Waals surface area contributed by atoms with Crippen LogP contribution in [0.2, 0.25) is 0 Å². The number of aliphatic carboxylic acids is 1. The third kappa shape index (κ3) is 1.90. The molecule has 0 saturated heterocycles. The highest BCUT2D eigenvalue weighted by atomic mass is 19.1. The lowest BCUT2D eigenvalue weighted by molar-refractivity contribution is -0.138. The number of benzene rings is 1. The molecule has 0 aliphatic carbocycles. The van der Waals surface area contributed by atoms with Crippen LogP contribution in [0, 0.1) is 19.7 Å². The minimum atomic E-state index is -1.30. The lowest BCUT2D eigenvalue weighted by Gasteiger charge is -2.10. The predicted molar refractivity (Wildman–Crippen MR) is 50.4 cm³/mol. The highest BCUT2D eigenvalue weighted by Gasteiger charge is 2.18. The van der Waals surface area contributed by atoms with Gasteiger partial charge in [0, 0.05) is 5.56 Å². The molecule has 1 aromatic rings. The van der Waals surface area contributed by atoms with Crippen LogP contribution in [0.4, 0.5) is 4.39 Å². The van der Waals surface area contributed by atoms with Gasteiger partial charge >= 0.3 is 5.97 Å². The highest BCUT2D eigenvalue weighted by Crippen LogP contribution is 2.19. The van der Waals surface area contributed by atoms with E-state index in [1.165, 1.54) is 12.1 Å². The van der Waals surface area contributed by atoms with Crippen molar-refractivity contribution in [1.29, 1.82) is 0 Å². The maximum absolute atomic E-state index is 13.3. The van der Waals surface area contributed by atoms with Gasteiger partial charge in [-0.15, -0.1) is 0 Å². The van der Waals surface area contributed by atoms with Crippen molar-refractivity contribution < 1.29 is 14.3 Å². The average molecular weight is 197 g/mol. The Morgan fingerprint density at radius 3 is 2.43 bits per heavy atom. The molecule has 14 heavy (non-hydrogen) atoms. The average Bonchev–Trinajstić information content (AvgIpc) is 2.10. The Balaban J connectivity index is 3.22. The van der Waals surface area contributed by atoms with Crippen LogP contribution < -0.4 is 5.73 Å². The van der Waals surface area contributed by atoms with Gasteiger partial charge in [0.1, 0.15) is 11.9 Å². The summed E-state index contributed by atoms with van der Waals surface area (Å²) in [4.78, 5) is 10.6. The molecule has 1 aromatic carbocycles. The van der Waals surface area contributed by atoms with Crippen molar-refractivity contribution in [3.05, 3.63) is 34.6 Å². The van der Waals surface area contributed by atoms with E-state index in [0.717, 1.165) is 11.1 Å². The number of halogens is 1. The van der Waals surface area contributed by atoms with E-state index in [0.29, 0.717) is 0 Å². The van der Waals surface area contributed by atoms with Crippen LogP contribution in [0.15, 0.2) is 12.1 Å². The fraction of sp³-hybridized carbons (Fsp3) is 0.300. The first-order chi connectivity index (χ1) is 6.43. The fourth-order valence-electron chi connectivity index (χ4n) is 1.17. The van der Waals surface area contributed by atoms with Crippen molar-refractivity contribution in [2.24, 2.45) is 5.73 Å². The van der Waals surface area contributed by atoms with E-state index in [9.17, 15) is 9.18 Å². The summed E-state index contributed by atoms with van der Waals surface area (Å²) in [6.45, 7) is 3.54. The molecule has 0 bridgehead atoms. The number of nitrogens with two attached hydrogens (primary N) is 1. The minimum Gasteiger partial charge on any atom is -0.480 e. The molecule has 0 radical (unpaired) electrons. The van der Waals surface area contributed by atoms with Gasteiger partial charge in [-0.05, 0) is 31.0 Å². The van der Waals surface area contributed by atoms with Crippen molar-refractivity contribution in [3.8, 4) is 0 Å². The van der Waals surface area contributed by atoms with Gasteiger partial charge in [-0.2, -0.15) is 0 Å². The summed E-state index contributed by atoms with van der Waals surface area (Å²) in [6, 6.07) is 1.48. The zero-order valence-electron chi connectivity index (χ0n) is 8.04. The smallest absolute Gasteiger partial charge is 0.325 e. The molecule has 76 valence electrons. The van der Waals surface area contributed by atoms with Gasteiger partial charge in [-0.1, -0.05) is 6.07 Å². The van der Waals surface area contributed by atoms with Crippen molar-refractivity contribution in [1.82, 2.24) is 0 Å². The molecular weight excluding hydrogens is 185 g/mol. The highest BCUT2D eigenvalue weighted by molar-refractivity contribution is 5.75. The Morgan fingerprint density at radius 2 is 1.93 bits per heavy atom. The molecule has 0 heterocycles. The maximum Gasteiger partial charge on any atom is 0.325 e. The zero-order chi connectivity index (χ0) is 10.9. The third-order valence-electron chi connectivity index (χ3n) is 2.21. The molecular formula is C10H12FNO2. The second-order valence-corrected chi connectivity index (χ2v) is 3.27. The molecule has 1 unspecified atom stereocenters. The number of aryl methyl sites for hydroxylation is 2. The Morgan fingerprint density at radius 1 is 1.43 bits per heavy atom. The first-order valence-electron chi connectivity index (χ1n) is 4.18. The van der Waals surface area contributed by atoms with Gasteiger partial charge in [-0.25, -0.2) is 4.39 Å². The quantitative estimate of drug-likeness (QED) is 0.755. The summed E-state index contributed by atoms with van der Waals surface area (Å²) in [5.41, 5.74) is 6.96. The number of carboxylic acids is 1. The molecule has 0 aliphatic heterocycles. The van der Waals surface area contributed by atoms with Crippen LogP contribution in [0.1, 0.15) is 22.7 Å². The van der Waals surface area contributed by atoms with Crippen LogP contribution >= 0.6 is 0 Å². The van der Waals surface area contributed by atoms with Crippen LogP contribution in [0.3, 0.4) is 0 Å². The number of hydrogen-bond donors (Lipinski definition) is 2. The van der Waals surface area contributed by atoms with Crippen molar-refractivity contribution in [2.75, 3.05) is 0 Å². The van der Waals surface area contributed by atoms with Crippen LogP contribution in [-0.2, 0) is 4.79 Å². The molecule has 4 heteroatoms. The summed E-state index contributed by atoms with van der Waals surface area (Å²) in [5, 5.41) is 8.63. The lowest BCUT2D eigenvalue weighted by atomic mass is 10.0. The Bertz CT molecular complexity index is 377. The standard InChI is InChI=1S/C10H12FNO2/c1-5-3-7(9(12)10(13)14)8(11)4-6(5)2/h3-4,9H,12H2,1-2H3,(H,13,14). The monoisotopic (exact) mass is 197 g/mol. The van der Waals surface area contributed by atoms with Gasteiger partial charge in [0.05, 0.1) is 0 Å². The first-order valence-corrected chi connectivity index (χ1v) is 4.18. The van der Waals surface area contributed by atoms with Gasteiger partial charge in [0.15, 0.2) is 0 Å². The SMILES string of the molecule is Cc1cc(F)c(C(N)C(=O)O)cc1C. The van der Waals surface area contributed by atoms with Gasteiger partial charge in [0.25, 0.3) is 0 Å². The predicted octanol–water partition coefficient (Wildman–Crippen LogP) is 1.53. The van der Waals surface area contributed by atoms with Crippen molar-refractivity contribution in [2.45, 2.75) is 19.9 Å². The second-order valence-electron chi connectivity index (χ2n) is 3.27. The Hall–Kier alpha value is -1.42. The van der Waals surface area contributed by atoms with E-state index in [4.69, 9.17) is 10.8 Å². The van der Waals surface area contributed by atoms with Crippen LogP contribution in [0.25, 0.3) is 0 Å². The molecule has 3 N–H and O–H groups in total. The normalized spacial score (nSPS) is 12.6. The first kappa shape index (κ1) is 10.7. The molecule has 0 fully saturated rings. The molecule has 0 amide bonds. The zero-order valence-corrected chi connectivity index (χ0v) is 8.04. The number of rotatable bonds is 2. The summed E-state index contributed by atoms with van der Waals surface area (Å²) in [7, 11) is 0. The third-order valence-corrected chi connectivity index (χ3v) is 2.21. The summed E-state index contributed by atoms with van der Waals surface area (Å²) < 4.78 is 13.3. The van der Waals surface area contributed by atoms with E-state index in [-0.39, 0.29) is 5.56 Å². The second kappa shape index (κ2) is 3.75. The molecule has 0 spiro atoms. The Kier molecular flexibility index (Phi) is 2.86. The molecule has 0 aliphatic rings. The summed E-state index contributed by atoms with van der Waals surface area (Å²) in [5.74, 6) is -1.80. The number of hydrogen-bond acceptors (Lipinski definition) is 2. The summed E-state index contributed by atoms with van der Waals surface area (Å²) >= 11 is 0. The van der Waals surface area contributed by atoms with E-state index in [2.05, 4.69) is 0 Å². The fourth-order valence-corrected chi connectivity index (χ4v) is 1.17. The lowest BCUT2D eigenvalue weighted by Crippen LogP contribution is -2.22. The van der Waals surface area contributed by atoms with Crippen LogP contribution in [0.5, 0.6) is 0 Å². The molecule has 3 nitrogen and oxygen atoms in total. The van der Waals surface area contributed by atoms with E-state index < -0.39 is 17.8 Å². The molecule has 0 saturated carbocycles. The van der Waals surface area contributed by atoms with Crippen molar-refractivity contribution >= 4 is 5.97 Å². The largest absolute Gasteiger partial charge is 0.480 e. The van der Waals surface area contributed by atoms with Gasteiger partial charge in [-0.3, -0.25) is 4.79 Å². The molecule has 1 rings (SSSR count). The number of carbonyl (C=O) groups is 1. The number of carboxylic acid groups (broad SMARTS) is 1. The maximum atomic E-state index is 13.3. The Labute approximate surface area is 81.4 Å². The topological polar surface area (TPSA) is 63.3 Å². The minimum absolute atomic E-state index is 0.0283. The molecule has 0 aromatic heterocycles. The van der Waals surface area contributed by atoms with Gasteiger partial charge in [0.2, 0.25) is 0 Å². The van der Waals surface area contributed by atoms with E-state index >= 15 is 0 Å². The van der Waals surface area contributed by atoms with E-state index in [1.807, 2.05) is 0 Å². The van der Waals surface area contributed by atoms with Crippen molar-refractivity contribution in [3.63, 3.8) is 0 Å². The van der Waals surface area contributed by atoms with Crippen LogP contribution in [-0.4, -0.2) is 11.1 Å². The summed E-state index contributed by atoms with van der Waals surface area (Å²) in [6.07, 6.45) is 0. The van der Waals surface area contributed by atoms with E-state index in [1.54, 1.807) is 13.8 Å². The molecule has 1 atom stereocenters. The van der Waals surface area contributed by atoms with Gasteiger partial charge < -0.3 is 10.8 Å².